The van der Waals surface area contributed by atoms with Gasteiger partial charge in [0.05, 0.1) is 32.3 Å². The fraction of sp³-hybridized carbons (Fsp3) is 0.619. The number of aliphatic imine (C=N–C) groups is 1. The van der Waals surface area contributed by atoms with Crippen molar-refractivity contribution in [2.75, 3.05) is 26.7 Å². The van der Waals surface area contributed by atoms with Gasteiger partial charge in [0.2, 0.25) is 0 Å². The smallest absolute Gasteiger partial charge is 0.310 e. The molecule has 0 amide bonds. The molecule has 1 saturated heterocycles. The van der Waals surface area contributed by atoms with Gasteiger partial charge >= 0.3 is 5.97 Å². The summed E-state index contributed by atoms with van der Waals surface area (Å²) in [5.74, 6) is 0.865. The van der Waals surface area contributed by atoms with Crippen LogP contribution in [0.1, 0.15) is 38.8 Å². The van der Waals surface area contributed by atoms with E-state index in [1.807, 2.05) is 13.8 Å². The van der Waals surface area contributed by atoms with E-state index in [0.29, 0.717) is 19.7 Å². The van der Waals surface area contributed by atoms with Gasteiger partial charge in [-0.3, -0.25) is 4.79 Å². The molecule has 0 bridgehead atoms. The number of likely N-dealkylation sites (tertiary alicyclic amines) is 1. The van der Waals surface area contributed by atoms with Crippen LogP contribution in [-0.4, -0.2) is 49.7 Å². The molecule has 1 N–H and O–H groups in total. The standard InChI is InChI=1S/C21H33N3O3/c1-6-22-21(24-12-16(4)19(13-24)20(25)26-5)23-11-17-7-9-18(10-8-17)14-27-15(2)3/h7-10,15-16,19H,6,11-14H2,1-5H3,(H,22,23). The summed E-state index contributed by atoms with van der Waals surface area (Å²) in [5, 5.41) is 3.34. The number of hydrogen-bond acceptors (Lipinski definition) is 4. The molecule has 2 atom stereocenters. The summed E-state index contributed by atoms with van der Waals surface area (Å²) in [6, 6.07) is 8.36. The van der Waals surface area contributed by atoms with E-state index in [1.54, 1.807) is 0 Å². The summed E-state index contributed by atoms with van der Waals surface area (Å²) in [7, 11) is 1.45. The molecule has 1 aliphatic heterocycles. The highest BCUT2D eigenvalue weighted by molar-refractivity contribution is 5.82. The highest BCUT2D eigenvalue weighted by Crippen LogP contribution is 2.24. The molecular weight excluding hydrogens is 342 g/mol. The zero-order chi connectivity index (χ0) is 19.8. The van der Waals surface area contributed by atoms with Gasteiger partial charge in [0.1, 0.15) is 0 Å². The Morgan fingerprint density at radius 1 is 1.26 bits per heavy atom. The Bertz CT molecular complexity index is 628. The van der Waals surface area contributed by atoms with E-state index in [0.717, 1.165) is 30.2 Å². The Kier molecular flexibility index (Phi) is 8.10. The highest BCUT2D eigenvalue weighted by atomic mass is 16.5. The van der Waals surface area contributed by atoms with E-state index in [-0.39, 0.29) is 23.9 Å². The quantitative estimate of drug-likeness (QED) is 0.451. The van der Waals surface area contributed by atoms with Crippen LogP contribution in [0.3, 0.4) is 0 Å². The molecule has 6 nitrogen and oxygen atoms in total. The molecule has 0 radical (unpaired) electrons. The highest BCUT2D eigenvalue weighted by Gasteiger charge is 2.36. The maximum absolute atomic E-state index is 11.9. The number of nitrogens with one attached hydrogen (secondary N) is 1. The number of rotatable bonds is 7. The van der Waals surface area contributed by atoms with Crippen molar-refractivity contribution < 1.29 is 14.3 Å². The Morgan fingerprint density at radius 2 is 1.93 bits per heavy atom. The van der Waals surface area contributed by atoms with Crippen molar-refractivity contribution in [2.45, 2.75) is 47.0 Å². The summed E-state index contributed by atoms with van der Waals surface area (Å²) in [6.07, 6.45) is 0.230. The van der Waals surface area contributed by atoms with Crippen LogP contribution in [0.2, 0.25) is 0 Å². The Hall–Kier alpha value is -2.08. The predicted octanol–water partition coefficient (Wildman–Crippen LogP) is 2.82. The molecule has 1 heterocycles. The predicted molar refractivity (Wildman–Crippen MR) is 107 cm³/mol. The van der Waals surface area contributed by atoms with Crippen LogP contribution in [0.15, 0.2) is 29.3 Å². The first kappa shape index (κ1) is 21.2. The van der Waals surface area contributed by atoms with Crippen LogP contribution in [0.4, 0.5) is 0 Å². The molecule has 1 fully saturated rings. The maximum Gasteiger partial charge on any atom is 0.310 e. The third-order valence-corrected chi connectivity index (χ3v) is 4.77. The third-order valence-electron chi connectivity index (χ3n) is 4.77. The topological polar surface area (TPSA) is 63.2 Å². The molecule has 2 rings (SSSR count). The van der Waals surface area contributed by atoms with Crippen molar-refractivity contribution in [1.29, 1.82) is 0 Å². The van der Waals surface area contributed by atoms with Crippen LogP contribution in [0, 0.1) is 11.8 Å². The van der Waals surface area contributed by atoms with Crippen molar-refractivity contribution in [1.82, 2.24) is 10.2 Å². The van der Waals surface area contributed by atoms with E-state index in [9.17, 15) is 4.79 Å². The van der Waals surface area contributed by atoms with Crippen LogP contribution >= 0.6 is 0 Å². The van der Waals surface area contributed by atoms with Crippen molar-refractivity contribution in [3.63, 3.8) is 0 Å². The second-order valence-electron chi connectivity index (χ2n) is 7.36. The summed E-state index contributed by atoms with van der Waals surface area (Å²) < 4.78 is 10.6. The zero-order valence-electron chi connectivity index (χ0n) is 17.2. The molecule has 0 saturated carbocycles. The fourth-order valence-electron chi connectivity index (χ4n) is 3.19. The summed E-state index contributed by atoms with van der Waals surface area (Å²) in [4.78, 5) is 18.9. The molecule has 0 spiro atoms. The largest absolute Gasteiger partial charge is 0.469 e. The monoisotopic (exact) mass is 375 g/mol. The summed E-state index contributed by atoms with van der Waals surface area (Å²) in [6.45, 7) is 11.7. The molecule has 2 unspecified atom stereocenters. The van der Waals surface area contributed by atoms with Crippen molar-refractivity contribution in [2.24, 2.45) is 16.8 Å². The van der Waals surface area contributed by atoms with Gasteiger partial charge in [-0.15, -0.1) is 0 Å². The fourth-order valence-corrected chi connectivity index (χ4v) is 3.19. The van der Waals surface area contributed by atoms with Gasteiger partial charge in [0.15, 0.2) is 5.96 Å². The summed E-state index contributed by atoms with van der Waals surface area (Å²) in [5.41, 5.74) is 2.31. The Morgan fingerprint density at radius 3 is 2.52 bits per heavy atom. The average Bonchev–Trinajstić information content (AvgIpc) is 3.05. The number of ether oxygens (including phenoxy) is 2. The second-order valence-corrected chi connectivity index (χ2v) is 7.36. The Balaban J connectivity index is 2.00. The van der Waals surface area contributed by atoms with Crippen LogP contribution in [0.25, 0.3) is 0 Å². The van der Waals surface area contributed by atoms with Crippen molar-refractivity contribution >= 4 is 11.9 Å². The van der Waals surface area contributed by atoms with Crippen molar-refractivity contribution in [3.8, 4) is 0 Å². The van der Waals surface area contributed by atoms with Crippen LogP contribution < -0.4 is 5.32 Å². The van der Waals surface area contributed by atoms with E-state index >= 15 is 0 Å². The molecular formula is C21H33N3O3. The lowest BCUT2D eigenvalue weighted by Crippen LogP contribution is -2.40. The molecule has 6 heteroatoms. The maximum atomic E-state index is 11.9. The number of esters is 1. The van der Waals surface area contributed by atoms with Crippen molar-refractivity contribution in [3.05, 3.63) is 35.4 Å². The number of guanidine groups is 1. The lowest BCUT2D eigenvalue weighted by molar-refractivity contribution is -0.145. The lowest BCUT2D eigenvalue weighted by Gasteiger charge is -2.21. The minimum Gasteiger partial charge on any atom is -0.469 e. The lowest BCUT2D eigenvalue weighted by atomic mass is 9.99. The van der Waals surface area contributed by atoms with E-state index in [1.165, 1.54) is 7.11 Å². The normalized spacial score (nSPS) is 20.2. The third kappa shape index (κ3) is 6.24. The number of hydrogen-bond donors (Lipinski definition) is 1. The molecule has 1 aromatic carbocycles. The minimum atomic E-state index is -0.139. The molecule has 150 valence electrons. The Labute approximate surface area is 162 Å². The second kappa shape index (κ2) is 10.3. The van der Waals surface area contributed by atoms with Crippen LogP contribution in [-0.2, 0) is 27.4 Å². The van der Waals surface area contributed by atoms with E-state index in [2.05, 4.69) is 48.3 Å². The number of carbonyl (C=O) groups is 1. The van der Waals surface area contributed by atoms with Crippen LogP contribution in [0.5, 0.6) is 0 Å². The van der Waals surface area contributed by atoms with Gasteiger partial charge in [-0.05, 0) is 37.8 Å². The number of carbonyl (C=O) groups excluding carboxylic acids is 1. The first-order chi connectivity index (χ1) is 12.9. The van der Waals surface area contributed by atoms with Gasteiger partial charge in [-0.2, -0.15) is 0 Å². The number of benzene rings is 1. The molecule has 1 aliphatic rings. The van der Waals surface area contributed by atoms with Gasteiger partial charge in [0.25, 0.3) is 0 Å². The SMILES string of the molecule is CCNC(=NCc1ccc(COC(C)C)cc1)N1CC(C)C(C(=O)OC)C1. The number of methoxy groups -OCH3 is 1. The van der Waals surface area contributed by atoms with E-state index in [4.69, 9.17) is 14.5 Å². The van der Waals surface area contributed by atoms with Gasteiger partial charge < -0.3 is 19.7 Å². The first-order valence-electron chi connectivity index (χ1n) is 9.75. The van der Waals surface area contributed by atoms with Gasteiger partial charge in [0, 0.05) is 19.6 Å². The summed E-state index contributed by atoms with van der Waals surface area (Å²) >= 11 is 0. The molecule has 27 heavy (non-hydrogen) atoms. The average molecular weight is 376 g/mol. The van der Waals surface area contributed by atoms with Gasteiger partial charge in [-0.1, -0.05) is 31.2 Å². The molecule has 0 aromatic heterocycles. The molecule has 0 aliphatic carbocycles. The first-order valence-corrected chi connectivity index (χ1v) is 9.75. The van der Waals surface area contributed by atoms with E-state index < -0.39 is 0 Å². The zero-order valence-corrected chi connectivity index (χ0v) is 17.2. The number of nitrogens with zero attached hydrogens (tertiary/aromatic N) is 2. The van der Waals surface area contributed by atoms with Gasteiger partial charge in [-0.25, -0.2) is 4.99 Å². The minimum absolute atomic E-state index is 0.0981. The molecule has 1 aromatic rings.